The Morgan fingerprint density at radius 3 is 1.26 bits per heavy atom. The minimum absolute atomic E-state index is 0. The minimum atomic E-state index is -0.321. The van der Waals surface area contributed by atoms with Crippen molar-refractivity contribution in [1.29, 1.82) is 0 Å². The van der Waals surface area contributed by atoms with E-state index in [-0.39, 0.29) is 30.9 Å². The Kier molecular flexibility index (Phi) is 14.8. The predicted octanol–water partition coefficient (Wildman–Crippen LogP) is -1.99. The molecule has 0 nitrogen and oxygen atoms in total. The van der Waals surface area contributed by atoms with Gasteiger partial charge in [-0.1, -0.05) is 20.3 Å². The molecule has 0 saturated carbocycles. The van der Waals surface area contributed by atoms with E-state index in [2.05, 4.69) is 93.2 Å². The third-order valence-corrected chi connectivity index (χ3v) is 5.78. The average molecular weight is 407 g/mol. The molecule has 19 heavy (non-hydrogen) atoms. The standard InChI is InChI=1S/C12H10P.C3H8.2ClH.Pd/c1-3-7-11(8-4-1)13-12-9-5-2-6-10-12;1-3-2;;;/h1-10H;3H2,1-2H3;2*1H;/q-1;;;;+3/p-2. The first-order valence-electron chi connectivity index (χ1n) is 5.82. The van der Waals surface area contributed by atoms with Gasteiger partial charge in [0.15, 0.2) is 0 Å². The molecule has 0 bridgehead atoms. The zero-order valence-electron chi connectivity index (χ0n) is 11.0. The third-order valence-electron chi connectivity index (χ3n) is 1.93. The Morgan fingerprint density at radius 1 is 0.737 bits per heavy atom. The zero-order chi connectivity index (χ0) is 12.5. The van der Waals surface area contributed by atoms with E-state index in [0.717, 1.165) is 0 Å². The number of benzene rings is 2. The molecule has 0 aliphatic carbocycles. The molecule has 4 heteroatoms. The van der Waals surface area contributed by atoms with Gasteiger partial charge in [-0.3, -0.25) is 0 Å². The summed E-state index contributed by atoms with van der Waals surface area (Å²) >= 11 is 3.47. The Hall–Kier alpha value is 0.112. The summed E-state index contributed by atoms with van der Waals surface area (Å²) in [6, 6.07) is 21.1. The van der Waals surface area contributed by atoms with Gasteiger partial charge in [-0.25, -0.2) is 0 Å². The van der Waals surface area contributed by atoms with Crippen LogP contribution in [0.15, 0.2) is 60.7 Å². The molecule has 0 unspecified atom stereocenters. The summed E-state index contributed by atoms with van der Waals surface area (Å²) in [5, 5.41) is 2.74. The second-order valence-electron chi connectivity index (χ2n) is 3.63. The van der Waals surface area contributed by atoms with E-state index >= 15 is 0 Å². The molecule has 2 aromatic rings. The van der Waals surface area contributed by atoms with Crippen LogP contribution in [0.4, 0.5) is 0 Å². The molecule has 0 atom stereocenters. The van der Waals surface area contributed by atoms with Crippen molar-refractivity contribution in [2.75, 3.05) is 0 Å². The summed E-state index contributed by atoms with van der Waals surface area (Å²) in [4.78, 5) is 0. The fraction of sp³-hybridized carbons (Fsp3) is 0.200. The van der Waals surface area contributed by atoms with Crippen molar-refractivity contribution in [2.24, 2.45) is 0 Å². The fourth-order valence-corrected chi connectivity index (χ4v) is 3.77. The van der Waals surface area contributed by atoms with E-state index in [1.54, 1.807) is 0 Å². The van der Waals surface area contributed by atoms with Crippen LogP contribution in [0.3, 0.4) is 0 Å². The van der Waals surface area contributed by atoms with Gasteiger partial charge in [0.1, 0.15) is 0 Å². The van der Waals surface area contributed by atoms with Crippen molar-refractivity contribution in [3.63, 3.8) is 0 Å². The Labute approximate surface area is 140 Å². The van der Waals surface area contributed by atoms with E-state index in [1.807, 2.05) is 0 Å². The molecule has 0 heterocycles. The van der Waals surface area contributed by atoms with Crippen molar-refractivity contribution in [1.82, 2.24) is 0 Å². The summed E-state index contributed by atoms with van der Waals surface area (Å²) in [6.07, 6.45) is 0.929. The Bertz CT molecular complexity index is 370. The zero-order valence-corrected chi connectivity index (χ0v) is 15.0. The number of halogens is 2. The van der Waals surface area contributed by atoms with Gasteiger partial charge < -0.3 is 24.8 Å². The SMILES string of the molecule is CCC.[Cl-].[Cl-].[Pd+2][P](c1ccccc1)c1ccccc1. The summed E-state index contributed by atoms with van der Waals surface area (Å²) in [7, 11) is 0. The average Bonchev–Trinajstić information content (AvgIpc) is 2.41. The predicted molar refractivity (Wildman–Crippen MR) is 75.0 cm³/mol. The van der Waals surface area contributed by atoms with Gasteiger partial charge in [0.05, 0.1) is 0 Å². The van der Waals surface area contributed by atoms with E-state index in [4.69, 9.17) is 0 Å². The van der Waals surface area contributed by atoms with Gasteiger partial charge in [0.25, 0.3) is 0 Å². The first-order valence-corrected chi connectivity index (χ1v) is 9.09. The molecule has 2 rings (SSSR count). The van der Waals surface area contributed by atoms with Crippen molar-refractivity contribution in [3.05, 3.63) is 60.7 Å². The van der Waals surface area contributed by atoms with Crippen LogP contribution < -0.4 is 35.4 Å². The fourth-order valence-electron chi connectivity index (χ4n) is 1.25. The van der Waals surface area contributed by atoms with Crippen LogP contribution in [-0.2, 0) is 18.7 Å². The maximum atomic E-state index is 3.47. The van der Waals surface area contributed by atoms with Crippen molar-refractivity contribution in [3.8, 4) is 0 Å². The van der Waals surface area contributed by atoms with Gasteiger partial charge in [-0.2, -0.15) is 0 Å². The van der Waals surface area contributed by atoms with E-state index in [1.165, 1.54) is 17.0 Å². The van der Waals surface area contributed by atoms with Crippen LogP contribution in [-0.4, -0.2) is 0 Å². The molecular formula is C15H18Cl2PPd. The Balaban J connectivity index is 0. The maximum absolute atomic E-state index is 3.47. The molecule has 0 amide bonds. The van der Waals surface area contributed by atoms with Crippen LogP contribution in [0, 0.1) is 0 Å². The van der Waals surface area contributed by atoms with Gasteiger partial charge >= 0.3 is 96.1 Å². The van der Waals surface area contributed by atoms with Crippen LogP contribution in [0.1, 0.15) is 20.3 Å². The molecule has 0 aliphatic heterocycles. The molecule has 0 spiro atoms. The second-order valence-corrected chi connectivity index (χ2v) is 7.26. The number of rotatable bonds is 2. The molecule has 2 aromatic carbocycles. The summed E-state index contributed by atoms with van der Waals surface area (Å²) in [5.41, 5.74) is 0. The third kappa shape index (κ3) is 8.09. The van der Waals surface area contributed by atoms with Crippen LogP contribution in [0.5, 0.6) is 0 Å². The van der Waals surface area contributed by atoms with Crippen LogP contribution in [0.25, 0.3) is 0 Å². The monoisotopic (exact) mass is 405 g/mol. The quantitative estimate of drug-likeness (QED) is 0.400. The van der Waals surface area contributed by atoms with E-state index in [0.29, 0.717) is 0 Å². The van der Waals surface area contributed by atoms with E-state index in [9.17, 15) is 0 Å². The van der Waals surface area contributed by atoms with E-state index < -0.39 is 0 Å². The van der Waals surface area contributed by atoms with Gasteiger partial charge in [-0.15, -0.1) is 0 Å². The molecule has 0 saturated heterocycles. The molecule has 107 valence electrons. The molecule has 0 fully saturated rings. The summed E-state index contributed by atoms with van der Waals surface area (Å²) < 4.78 is 0. The van der Waals surface area contributed by atoms with Gasteiger partial charge in [0, 0.05) is 0 Å². The first kappa shape index (κ1) is 21.4. The van der Waals surface area contributed by atoms with Crippen molar-refractivity contribution >= 4 is 16.7 Å². The van der Waals surface area contributed by atoms with Gasteiger partial charge in [-0.05, 0) is 0 Å². The Morgan fingerprint density at radius 2 is 1.00 bits per heavy atom. The summed E-state index contributed by atoms with van der Waals surface area (Å²) in [5.74, 6) is 0. The van der Waals surface area contributed by atoms with Crippen molar-refractivity contribution in [2.45, 2.75) is 20.3 Å². The molecule has 0 N–H and O–H groups in total. The molecule has 0 aliphatic rings. The number of hydrogen-bond donors (Lipinski definition) is 0. The molecular weight excluding hydrogens is 388 g/mol. The topological polar surface area (TPSA) is 0 Å². The molecule has 0 radical (unpaired) electrons. The normalized spacial score (nSPS) is 8.63. The van der Waals surface area contributed by atoms with Crippen LogP contribution in [0.2, 0.25) is 0 Å². The second kappa shape index (κ2) is 13.1. The summed E-state index contributed by atoms with van der Waals surface area (Å²) in [6.45, 7) is 4.25. The number of hydrogen-bond acceptors (Lipinski definition) is 0. The van der Waals surface area contributed by atoms with Crippen LogP contribution >= 0.6 is 6.11 Å². The van der Waals surface area contributed by atoms with Gasteiger partial charge in [0.2, 0.25) is 0 Å². The first-order chi connectivity index (χ1) is 8.29. The molecule has 0 aromatic heterocycles. The van der Waals surface area contributed by atoms with Crippen molar-refractivity contribution < 1.29 is 43.5 Å².